The Morgan fingerprint density at radius 3 is 2.40 bits per heavy atom. The normalized spacial score (nSPS) is 12.3. The number of aromatic nitrogens is 2. The highest BCUT2D eigenvalue weighted by atomic mass is 35.5. The van der Waals surface area contributed by atoms with Crippen LogP contribution in [-0.4, -0.2) is 26.9 Å². The number of amides is 2. The van der Waals surface area contributed by atoms with Gasteiger partial charge in [0.05, 0.1) is 10.7 Å². The third kappa shape index (κ3) is 4.86. The van der Waals surface area contributed by atoms with E-state index in [-0.39, 0.29) is 11.6 Å². The molecule has 2 amide bonds. The molecule has 0 aliphatic rings. The van der Waals surface area contributed by atoms with E-state index in [2.05, 4.69) is 14.9 Å². The number of anilines is 1. The highest BCUT2D eigenvalue weighted by Crippen LogP contribution is 2.34. The van der Waals surface area contributed by atoms with Crippen molar-refractivity contribution in [3.63, 3.8) is 0 Å². The van der Waals surface area contributed by atoms with Crippen molar-refractivity contribution in [3.8, 4) is 0 Å². The topological polar surface area (TPSA) is 75.2 Å². The molecule has 1 heterocycles. The Balaban J connectivity index is 2.17. The van der Waals surface area contributed by atoms with Crippen molar-refractivity contribution in [1.29, 1.82) is 0 Å². The van der Waals surface area contributed by atoms with Crippen molar-refractivity contribution in [1.82, 2.24) is 14.9 Å². The van der Waals surface area contributed by atoms with E-state index in [1.54, 1.807) is 29.6 Å². The predicted octanol–water partition coefficient (Wildman–Crippen LogP) is 4.88. The molecule has 0 unspecified atom stereocenters. The predicted molar refractivity (Wildman–Crippen MR) is 120 cm³/mol. The number of nitrogens with zero attached hydrogens (tertiary/aromatic N) is 3. The monoisotopic (exact) mass is 442 g/mol. The molecule has 0 bridgehead atoms. The van der Waals surface area contributed by atoms with Gasteiger partial charge in [-0.05, 0) is 49.5 Å². The summed E-state index contributed by atoms with van der Waals surface area (Å²) in [5.41, 5.74) is 0.804. The van der Waals surface area contributed by atoms with Crippen molar-refractivity contribution in [2.24, 2.45) is 0 Å². The molecule has 0 aliphatic heterocycles. The first-order valence-corrected chi connectivity index (χ1v) is 10.8. The van der Waals surface area contributed by atoms with Crippen LogP contribution in [0.1, 0.15) is 49.3 Å². The molecule has 30 heavy (non-hydrogen) atoms. The minimum absolute atomic E-state index is 0.156. The Kier molecular flexibility index (Phi) is 6.84. The molecular formula is C22H23ClN4O2S. The molecular weight excluding hydrogens is 420 g/mol. The van der Waals surface area contributed by atoms with Crippen LogP contribution in [0.15, 0.2) is 60.0 Å². The van der Waals surface area contributed by atoms with Crippen molar-refractivity contribution >= 4 is 40.6 Å². The van der Waals surface area contributed by atoms with Crippen molar-refractivity contribution in [3.05, 3.63) is 76.3 Å². The fourth-order valence-corrected chi connectivity index (χ4v) is 3.59. The number of halogens is 1. The molecule has 0 radical (unpaired) electrons. The lowest BCUT2D eigenvalue weighted by atomic mass is 9.98. The first-order chi connectivity index (χ1) is 14.3. The zero-order valence-corrected chi connectivity index (χ0v) is 18.6. The summed E-state index contributed by atoms with van der Waals surface area (Å²) in [7, 11) is 0. The van der Waals surface area contributed by atoms with Gasteiger partial charge in [-0.25, -0.2) is 0 Å². The smallest absolute Gasteiger partial charge is 0.280 e. The second-order valence-electron chi connectivity index (χ2n) is 7.46. The maximum absolute atomic E-state index is 13.5. The molecule has 1 aromatic heterocycles. The average molecular weight is 443 g/mol. The third-order valence-corrected chi connectivity index (χ3v) is 5.70. The Hall–Kier alpha value is -2.77. The van der Waals surface area contributed by atoms with E-state index >= 15 is 0 Å². The lowest BCUT2D eigenvalue weighted by molar-refractivity contribution is -0.124. The van der Waals surface area contributed by atoms with E-state index in [4.69, 9.17) is 11.6 Å². The van der Waals surface area contributed by atoms with Gasteiger partial charge in [0.15, 0.2) is 5.69 Å². The van der Waals surface area contributed by atoms with Gasteiger partial charge in [-0.15, -0.1) is 5.10 Å². The molecule has 156 valence electrons. The van der Waals surface area contributed by atoms with Crippen molar-refractivity contribution in [2.75, 3.05) is 4.90 Å². The van der Waals surface area contributed by atoms with Gasteiger partial charge in [-0.3, -0.25) is 14.5 Å². The van der Waals surface area contributed by atoms with Crippen LogP contribution >= 0.6 is 23.1 Å². The molecule has 6 nitrogen and oxygen atoms in total. The maximum Gasteiger partial charge on any atom is 0.280 e. The van der Waals surface area contributed by atoms with Gasteiger partial charge in [0.25, 0.3) is 5.91 Å². The van der Waals surface area contributed by atoms with Gasteiger partial charge in [0.2, 0.25) is 5.91 Å². The second-order valence-corrected chi connectivity index (χ2v) is 8.47. The summed E-state index contributed by atoms with van der Waals surface area (Å²) in [6.45, 7) is 5.88. The molecule has 0 spiro atoms. The number of hydrogen-bond donors (Lipinski definition) is 1. The van der Waals surface area contributed by atoms with Gasteiger partial charge in [0, 0.05) is 10.9 Å². The Bertz CT molecular complexity index is 1010. The molecule has 1 N–H and O–H groups in total. The summed E-state index contributed by atoms with van der Waals surface area (Å²) in [6.07, 6.45) is 0.732. The summed E-state index contributed by atoms with van der Waals surface area (Å²) in [6, 6.07) is 15.2. The second kappa shape index (κ2) is 9.36. The molecule has 3 aromatic rings. The van der Waals surface area contributed by atoms with Gasteiger partial charge in [-0.1, -0.05) is 65.5 Å². The quantitative estimate of drug-likeness (QED) is 0.565. The van der Waals surface area contributed by atoms with E-state index < -0.39 is 17.5 Å². The number of rotatable bonds is 7. The number of nitrogens with one attached hydrogen (secondary N) is 1. The molecule has 0 aliphatic carbocycles. The zero-order chi connectivity index (χ0) is 21.7. The molecule has 0 saturated carbocycles. The van der Waals surface area contributed by atoms with Crippen LogP contribution in [0.3, 0.4) is 0 Å². The lowest BCUT2D eigenvalue weighted by Gasteiger charge is -2.34. The third-order valence-electron chi connectivity index (χ3n) is 4.88. The van der Waals surface area contributed by atoms with E-state index in [0.717, 1.165) is 18.0 Å². The summed E-state index contributed by atoms with van der Waals surface area (Å²) in [4.78, 5) is 28.4. The number of carbonyl (C=O) groups excluding carboxylic acids is 2. The van der Waals surface area contributed by atoms with Gasteiger partial charge in [0.1, 0.15) is 6.04 Å². The van der Waals surface area contributed by atoms with Crippen LogP contribution < -0.4 is 10.2 Å². The molecule has 8 heteroatoms. The summed E-state index contributed by atoms with van der Waals surface area (Å²) in [5.74, 6) is -0.750. The number of para-hydroxylation sites is 1. The highest BCUT2D eigenvalue weighted by molar-refractivity contribution is 7.03. The van der Waals surface area contributed by atoms with E-state index in [9.17, 15) is 9.59 Å². The summed E-state index contributed by atoms with van der Waals surface area (Å²) >= 11 is 7.53. The summed E-state index contributed by atoms with van der Waals surface area (Å²) in [5, 5.41) is 8.90. The first-order valence-electron chi connectivity index (χ1n) is 9.56. The number of hydrogen-bond acceptors (Lipinski definition) is 5. The van der Waals surface area contributed by atoms with E-state index in [1.165, 1.54) is 4.90 Å². The summed E-state index contributed by atoms with van der Waals surface area (Å²) < 4.78 is 3.80. The average Bonchev–Trinajstić information content (AvgIpc) is 3.27. The molecule has 3 rings (SSSR count). The number of benzene rings is 2. The molecule has 0 fully saturated rings. The minimum Gasteiger partial charge on any atom is -0.349 e. The highest BCUT2D eigenvalue weighted by Gasteiger charge is 2.36. The molecule has 2 aromatic carbocycles. The fourth-order valence-electron chi connectivity index (χ4n) is 2.94. The van der Waals surface area contributed by atoms with Crippen LogP contribution in [0.2, 0.25) is 5.02 Å². The van der Waals surface area contributed by atoms with E-state index in [0.29, 0.717) is 16.3 Å². The number of carbonyl (C=O) groups is 2. The SMILES string of the molecule is CCC(C)(C)NC(=O)[C@@H](c1ccccc1)N(C(=O)c1csnn1)c1ccccc1Cl. The van der Waals surface area contributed by atoms with Crippen molar-refractivity contribution in [2.45, 2.75) is 38.8 Å². The zero-order valence-electron chi connectivity index (χ0n) is 17.0. The largest absolute Gasteiger partial charge is 0.349 e. The standard InChI is InChI=1S/C22H23ClN4O2S/c1-4-22(2,3)24-20(28)19(15-10-6-5-7-11-15)27(18-13-9-8-12-16(18)23)21(29)17-14-30-26-25-17/h5-14,19H,4H2,1-3H3,(H,24,28)/t19-/m1/s1. The van der Waals surface area contributed by atoms with Crippen LogP contribution in [0, 0.1) is 0 Å². The van der Waals surface area contributed by atoms with Crippen molar-refractivity contribution < 1.29 is 9.59 Å². The first kappa shape index (κ1) is 21.9. The molecule has 1 atom stereocenters. The van der Waals surface area contributed by atoms with Gasteiger partial charge >= 0.3 is 0 Å². The fraction of sp³-hybridized carbons (Fsp3) is 0.273. The van der Waals surface area contributed by atoms with E-state index in [1.807, 2.05) is 51.1 Å². The van der Waals surface area contributed by atoms with Crippen LogP contribution in [0.5, 0.6) is 0 Å². The van der Waals surface area contributed by atoms with Crippen LogP contribution in [0.25, 0.3) is 0 Å². The van der Waals surface area contributed by atoms with Crippen LogP contribution in [-0.2, 0) is 4.79 Å². The lowest BCUT2D eigenvalue weighted by Crippen LogP contribution is -2.50. The molecule has 0 saturated heterocycles. The maximum atomic E-state index is 13.5. The van der Waals surface area contributed by atoms with Crippen LogP contribution in [0.4, 0.5) is 5.69 Å². The Labute approximate surface area is 185 Å². The van der Waals surface area contributed by atoms with Gasteiger partial charge < -0.3 is 5.32 Å². The Morgan fingerprint density at radius 1 is 1.13 bits per heavy atom. The minimum atomic E-state index is -0.939. The Morgan fingerprint density at radius 2 is 1.80 bits per heavy atom. The van der Waals surface area contributed by atoms with Gasteiger partial charge in [-0.2, -0.15) is 0 Å².